The van der Waals surface area contributed by atoms with Crippen molar-refractivity contribution in [1.29, 1.82) is 0 Å². The van der Waals surface area contributed by atoms with Crippen LogP contribution < -0.4 is 0 Å². The van der Waals surface area contributed by atoms with Gasteiger partial charge in [-0.2, -0.15) is 0 Å². The summed E-state index contributed by atoms with van der Waals surface area (Å²) in [7, 11) is 0. The Balaban J connectivity index is 2.92. The van der Waals surface area contributed by atoms with Gasteiger partial charge in [0.25, 0.3) is 0 Å². The summed E-state index contributed by atoms with van der Waals surface area (Å²) in [6.07, 6.45) is 1.97. The van der Waals surface area contributed by atoms with Crippen LogP contribution in [0.25, 0.3) is 0 Å². The molecule has 0 aromatic heterocycles. The molecule has 0 aromatic carbocycles. The number of esters is 2. The van der Waals surface area contributed by atoms with Gasteiger partial charge >= 0.3 is 23.9 Å². The summed E-state index contributed by atoms with van der Waals surface area (Å²) in [5, 5.41) is 29.1. The van der Waals surface area contributed by atoms with Gasteiger partial charge in [0.15, 0.2) is 0 Å². The fourth-order valence-electron chi connectivity index (χ4n) is 5.42. The van der Waals surface area contributed by atoms with Crippen molar-refractivity contribution >= 4 is 41.4 Å². The summed E-state index contributed by atoms with van der Waals surface area (Å²) in [4.78, 5) is 88.4. The summed E-state index contributed by atoms with van der Waals surface area (Å²) in [6.45, 7) is 5.02. The average molecular weight is 600 g/mol. The third-order valence-corrected chi connectivity index (χ3v) is 8.05. The van der Waals surface area contributed by atoms with Crippen LogP contribution in [-0.2, 0) is 43.0 Å². The smallest absolute Gasteiger partial charge is 0.316 e. The molecular formula is C29H45NO12. The molecule has 5 unspecified atom stereocenters. The molecule has 1 aliphatic rings. The zero-order valence-electron chi connectivity index (χ0n) is 25.0. The number of aliphatic hydroxyl groups is 1. The number of carboxylic acid groups (broad SMARTS) is 2. The highest BCUT2D eigenvalue weighted by molar-refractivity contribution is 5.98. The van der Waals surface area contributed by atoms with Gasteiger partial charge in [-0.3, -0.25) is 33.6 Å². The van der Waals surface area contributed by atoms with Gasteiger partial charge < -0.3 is 29.7 Å². The first-order chi connectivity index (χ1) is 19.8. The number of ether oxygens (including phenoxy) is 2. The molecule has 1 saturated heterocycles. The van der Waals surface area contributed by atoms with Gasteiger partial charge in [0.05, 0.1) is 17.3 Å². The van der Waals surface area contributed by atoms with Crippen LogP contribution in [-0.4, -0.2) is 94.0 Å². The van der Waals surface area contributed by atoms with E-state index in [0.717, 1.165) is 0 Å². The number of Topliss-reactive ketones (excluding diaryl/α,β-unsaturated/α-hetero) is 2. The Hall–Kier alpha value is -3.35. The third kappa shape index (κ3) is 9.88. The maximum atomic E-state index is 13.2. The molecule has 1 fully saturated rings. The number of aliphatic carboxylic acids is 2. The van der Waals surface area contributed by atoms with E-state index in [9.17, 15) is 43.8 Å². The standard InChI is InChI=1S/C29H45NO12/c1-5-21(30-14-9-11-22(30)34)23(25(35)36)24(26(37)38)29(4,6-2)28(40)42-17-16-41-27(39)20(18(3)32)13-12-19(33)10-7-8-15-31/h20-21,23-24,31H,5-17H2,1-4H3,(H,35,36)(H,37,38). The second kappa shape index (κ2) is 17.6. The van der Waals surface area contributed by atoms with Crippen molar-refractivity contribution in [3.63, 3.8) is 0 Å². The van der Waals surface area contributed by atoms with E-state index in [4.69, 9.17) is 14.6 Å². The molecule has 0 aromatic rings. The van der Waals surface area contributed by atoms with Crippen molar-refractivity contribution in [3.8, 4) is 0 Å². The van der Waals surface area contributed by atoms with Gasteiger partial charge in [0.2, 0.25) is 5.91 Å². The topological polar surface area (TPSA) is 202 Å². The summed E-state index contributed by atoms with van der Waals surface area (Å²) in [5.74, 6) is -10.3. The van der Waals surface area contributed by atoms with Crippen LogP contribution in [0.2, 0.25) is 0 Å². The van der Waals surface area contributed by atoms with Gasteiger partial charge in [-0.1, -0.05) is 13.8 Å². The van der Waals surface area contributed by atoms with Gasteiger partial charge in [-0.15, -0.1) is 0 Å². The second-order valence-electron chi connectivity index (χ2n) is 10.8. The molecule has 5 atom stereocenters. The lowest BCUT2D eigenvalue weighted by Gasteiger charge is -2.40. The molecule has 1 aliphatic heterocycles. The quantitative estimate of drug-likeness (QED) is 0.0985. The minimum atomic E-state index is -1.80. The van der Waals surface area contributed by atoms with Crippen LogP contribution in [0, 0.1) is 23.2 Å². The number of ketones is 2. The molecule has 42 heavy (non-hydrogen) atoms. The highest BCUT2D eigenvalue weighted by Crippen LogP contribution is 2.41. The number of carboxylic acids is 2. The fourth-order valence-corrected chi connectivity index (χ4v) is 5.42. The lowest BCUT2D eigenvalue weighted by atomic mass is 9.66. The van der Waals surface area contributed by atoms with E-state index in [2.05, 4.69) is 0 Å². The van der Waals surface area contributed by atoms with Crippen LogP contribution >= 0.6 is 0 Å². The molecule has 238 valence electrons. The summed E-state index contributed by atoms with van der Waals surface area (Å²) < 4.78 is 10.3. The lowest BCUT2D eigenvalue weighted by molar-refractivity contribution is -0.177. The Labute approximate surface area is 245 Å². The van der Waals surface area contributed by atoms with Crippen molar-refractivity contribution in [2.75, 3.05) is 26.4 Å². The van der Waals surface area contributed by atoms with Crippen LogP contribution in [0.3, 0.4) is 0 Å². The van der Waals surface area contributed by atoms with Crippen LogP contribution in [0.1, 0.15) is 85.5 Å². The maximum absolute atomic E-state index is 13.2. The number of rotatable bonds is 21. The number of amides is 1. The number of nitrogens with zero attached hydrogens (tertiary/aromatic N) is 1. The van der Waals surface area contributed by atoms with Crippen molar-refractivity contribution in [1.82, 2.24) is 4.90 Å². The summed E-state index contributed by atoms with van der Waals surface area (Å²) in [6, 6.07) is -0.941. The average Bonchev–Trinajstić information content (AvgIpc) is 3.35. The molecule has 1 rings (SSSR count). The SMILES string of the molecule is CCC(C(C(=O)O)C(C(=O)O)C(C)(CC)C(=O)OCCOC(=O)C(CCC(=O)CCCCO)C(C)=O)N1CCCC1=O. The van der Waals surface area contributed by atoms with Crippen LogP contribution in [0.15, 0.2) is 0 Å². The van der Waals surface area contributed by atoms with E-state index in [1.54, 1.807) is 6.92 Å². The second-order valence-corrected chi connectivity index (χ2v) is 10.8. The first-order valence-electron chi connectivity index (χ1n) is 14.5. The molecule has 13 heteroatoms. The molecule has 0 bridgehead atoms. The Kier molecular flexibility index (Phi) is 15.3. The highest BCUT2D eigenvalue weighted by Gasteiger charge is 2.55. The number of hydrogen-bond donors (Lipinski definition) is 3. The van der Waals surface area contributed by atoms with Crippen LogP contribution in [0.5, 0.6) is 0 Å². The fraction of sp³-hybridized carbons (Fsp3) is 0.759. The molecule has 1 amide bonds. The third-order valence-electron chi connectivity index (χ3n) is 8.05. The number of likely N-dealkylation sites (tertiary alicyclic amines) is 1. The summed E-state index contributed by atoms with van der Waals surface area (Å²) in [5.41, 5.74) is -1.80. The molecule has 0 saturated carbocycles. The van der Waals surface area contributed by atoms with E-state index >= 15 is 0 Å². The number of carbonyl (C=O) groups is 7. The minimum Gasteiger partial charge on any atom is -0.481 e. The Morgan fingerprint density at radius 1 is 0.976 bits per heavy atom. The van der Waals surface area contributed by atoms with Gasteiger partial charge in [0, 0.05) is 38.5 Å². The molecular weight excluding hydrogens is 554 g/mol. The monoisotopic (exact) mass is 599 g/mol. The van der Waals surface area contributed by atoms with E-state index in [1.165, 1.54) is 25.7 Å². The van der Waals surface area contributed by atoms with Gasteiger partial charge in [-0.25, -0.2) is 0 Å². The number of hydrogen-bond acceptors (Lipinski definition) is 10. The lowest BCUT2D eigenvalue weighted by Crippen LogP contribution is -2.54. The minimum absolute atomic E-state index is 0.0162. The number of carbonyl (C=O) groups excluding carboxylic acids is 5. The van der Waals surface area contributed by atoms with Crippen molar-refractivity contribution in [3.05, 3.63) is 0 Å². The van der Waals surface area contributed by atoms with E-state index in [-0.39, 0.29) is 56.8 Å². The maximum Gasteiger partial charge on any atom is 0.316 e. The Bertz CT molecular complexity index is 995. The highest BCUT2D eigenvalue weighted by atomic mass is 16.6. The molecule has 0 aliphatic carbocycles. The van der Waals surface area contributed by atoms with E-state index in [1.807, 2.05) is 0 Å². The number of aliphatic hydroxyl groups excluding tert-OH is 1. The van der Waals surface area contributed by atoms with Gasteiger partial charge in [-0.05, 0) is 52.4 Å². The van der Waals surface area contributed by atoms with Crippen LogP contribution in [0.4, 0.5) is 0 Å². The Morgan fingerprint density at radius 2 is 1.62 bits per heavy atom. The largest absolute Gasteiger partial charge is 0.481 e. The van der Waals surface area contributed by atoms with E-state index < -0.39 is 72.1 Å². The molecule has 0 radical (unpaired) electrons. The summed E-state index contributed by atoms with van der Waals surface area (Å²) >= 11 is 0. The zero-order chi connectivity index (χ0) is 32.0. The molecule has 13 nitrogen and oxygen atoms in total. The molecule has 1 heterocycles. The molecule has 3 N–H and O–H groups in total. The number of unbranched alkanes of at least 4 members (excludes halogenated alkanes) is 1. The first kappa shape index (κ1) is 36.7. The normalized spacial score (nSPS) is 17.5. The first-order valence-corrected chi connectivity index (χ1v) is 14.5. The van der Waals surface area contributed by atoms with Gasteiger partial charge in [0.1, 0.15) is 30.7 Å². The van der Waals surface area contributed by atoms with Crippen molar-refractivity contribution < 1.29 is 58.4 Å². The van der Waals surface area contributed by atoms with E-state index in [0.29, 0.717) is 25.8 Å². The zero-order valence-corrected chi connectivity index (χ0v) is 25.0. The Morgan fingerprint density at radius 3 is 2.10 bits per heavy atom. The predicted molar refractivity (Wildman–Crippen MR) is 147 cm³/mol. The van der Waals surface area contributed by atoms with Crippen molar-refractivity contribution in [2.24, 2.45) is 23.2 Å². The predicted octanol–water partition coefficient (Wildman–Crippen LogP) is 2.01. The van der Waals surface area contributed by atoms with Crippen molar-refractivity contribution in [2.45, 2.75) is 91.5 Å². The molecule has 0 spiro atoms.